The number of aliphatic hydroxyl groups excluding tert-OH is 1. The van der Waals surface area contributed by atoms with Crippen molar-refractivity contribution in [3.8, 4) is 5.75 Å². The van der Waals surface area contributed by atoms with Gasteiger partial charge in [-0.25, -0.2) is 4.98 Å². The molecule has 0 aliphatic heterocycles. The van der Waals surface area contributed by atoms with E-state index in [-0.39, 0.29) is 0 Å². The Morgan fingerprint density at radius 3 is 2.53 bits per heavy atom. The molecule has 10 heteroatoms. The summed E-state index contributed by atoms with van der Waals surface area (Å²) in [6.07, 6.45) is -4.89. The van der Waals surface area contributed by atoms with Crippen LogP contribution in [-0.4, -0.2) is 21.4 Å². The molecule has 0 saturated heterocycles. The smallest absolute Gasteiger partial charge is 0.401 e. The highest BCUT2D eigenvalue weighted by Crippen LogP contribution is 2.31. The summed E-state index contributed by atoms with van der Waals surface area (Å²) in [4.78, 5) is 12.2. The van der Waals surface area contributed by atoms with Crippen LogP contribution in [0.2, 0.25) is 0 Å². The molecular weight excluding hydrogens is 252 g/mol. The Bertz CT molecular complexity index is 448. The lowest BCUT2D eigenvalue weighted by molar-refractivity contribution is -0.389. The number of aliphatic hydroxyl groups is 1. The Labute approximate surface area is 90.6 Å². The monoisotopic (exact) mass is 256 g/mol. The SMILES string of the molecule is O=[N+]([O-])c1c(CO)ncc(OC(F)(F)F)c1F. The molecule has 0 aliphatic rings. The van der Waals surface area contributed by atoms with Gasteiger partial charge >= 0.3 is 12.0 Å². The van der Waals surface area contributed by atoms with Gasteiger partial charge in [0.1, 0.15) is 5.69 Å². The summed E-state index contributed by atoms with van der Waals surface area (Å²) in [6.45, 7) is -0.987. The summed E-state index contributed by atoms with van der Waals surface area (Å²) in [5, 5.41) is 19.0. The molecule has 1 aromatic heterocycles. The predicted octanol–water partition coefficient (Wildman–Crippen LogP) is 1.52. The lowest BCUT2D eigenvalue weighted by Gasteiger charge is -2.09. The van der Waals surface area contributed by atoms with E-state index in [0.29, 0.717) is 6.20 Å². The van der Waals surface area contributed by atoms with Crippen molar-refractivity contribution in [2.24, 2.45) is 0 Å². The quantitative estimate of drug-likeness (QED) is 0.503. The molecule has 0 amide bonds. The first-order valence-electron chi connectivity index (χ1n) is 3.94. The number of rotatable bonds is 3. The number of halogens is 4. The molecule has 0 aliphatic carbocycles. The van der Waals surface area contributed by atoms with Gasteiger partial charge in [-0.2, -0.15) is 4.39 Å². The van der Waals surface area contributed by atoms with E-state index in [1.54, 1.807) is 0 Å². The molecule has 0 aromatic carbocycles. The average Bonchev–Trinajstić information content (AvgIpc) is 2.18. The van der Waals surface area contributed by atoms with Gasteiger partial charge in [-0.05, 0) is 0 Å². The highest BCUT2D eigenvalue weighted by Gasteiger charge is 2.35. The number of nitrogens with zero attached hydrogens (tertiary/aromatic N) is 2. The number of nitro groups is 1. The third-order valence-electron chi connectivity index (χ3n) is 1.59. The zero-order valence-electron chi connectivity index (χ0n) is 7.86. The van der Waals surface area contributed by atoms with Gasteiger partial charge in [-0.15, -0.1) is 13.2 Å². The maximum atomic E-state index is 13.3. The number of hydrogen-bond donors (Lipinski definition) is 1. The minimum absolute atomic E-state index is 0.307. The second-order valence-electron chi connectivity index (χ2n) is 2.69. The first-order valence-corrected chi connectivity index (χ1v) is 3.94. The van der Waals surface area contributed by atoms with E-state index in [1.165, 1.54) is 0 Å². The molecule has 94 valence electrons. The number of pyridine rings is 1. The Balaban J connectivity index is 3.28. The highest BCUT2D eigenvalue weighted by atomic mass is 19.4. The van der Waals surface area contributed by atoms with Crippen LogP contribution in [0.3, 0.4) is 0 Å². The lowest BCUT2D eigenvalue weighted by atomic mass is 10.3. The fourth-order valence-electron chi connectivity index (χ4n) is 0.995. The maximum Gasteiger partial charge on any atom is 0.573 e. The molecule has 0 bridgehead atoms. The molecule has 0 fully saturated rings. The Kier molecular flexibility index (Phi) is 3.46. The van der Waals surface area contributed by atoms with Crippen molar-refractivity contribution < 1.29 is 32.3 Å². The number of aromatic nitrogens is 1. The second kappa shape index (κ2) is 4.49. The molecule has 0 atom stereocenters. The summed E-state index contributed by atoms with van der Waals surface area (Å²) in [7, 11) is 0. The van der Waals surface area contributed by atoms with Gasteiger partial charge in [-0.3, -0.25) is 10.1 Å². The van der Waals surface area contributed by atoms with Gasteiger partial charge < -0.3 is 9.84 Å². The summed E-state index contributed by atoms with van der Waals surface area (Å²) in [5.74, 6) is -3.27. The van der Waals surface area contributed by atoms with E-state index < -0.39 is 40.8 Å². The van der Waals surface area contributed by atoms with E-state index >= 15 is 0 Å². The summed E-state index contributed by atoms with van der Waals surface area (Å²) >= 11 is 0. The molecule has 17 heavy (non-hydrogen) atoms. The van der Waals surface area contributed by atoms with Crippen molar-refractivity contribution in [2.45, 2.75) is 13.0 Å². The van der Waals surface area contributed by atoms with E-state index in [0.717, 1.165) is 0 Å². The normalized spacial score (nSPS) is 11.4. The molecule has 6 nitrogen and oxygen atoms in total. The molecular formula is C7H4F4N2O4. The average molecular weight is 256 g/mol. The second-order valence-corrected chi connectivity index (χ2v) is 2.69. The van der Waals surface area contributed by atoms with Crippen molar-refractivity contribution in [3.05, 3.63) is 27.8 Å². The molecule has 1 N–H and O–H groups in total. The van der Waals surface area contributed by atoms with Gasteiger partial charge in [0.25, 0.3) is 0 Å². The molecule has 0 spiro atoms. The molecule has 0 radical (unpaired) electrons. The van der Waals surface area contributed by atoms with Crippen molar-refractivity contribution in [1.82, 2.24) is 4.98 Å². The van der Waals surface area contributed by atoms with E-state index in [4.69, 9.17) is 5.11 Å². The van der Waals surface area contributed by atoms with Crippen molar-refractivity contribution in [3.63, 3.8) is 0 Å². The zero-order chi connectivity index (χ0) is 13.2. The van der Waals surface area contributed by atoms with E-state index in [1.807, 2.05) is 0 Å². The van der Waals surface area contributed by atoms with Crippen LogP contribution in [0.25, 0.3) is 0 Å². The molecule has 0 saturated carbocycles. The van der Waals surface area contributed by atoms with Crippen LogP contribution in [0.1, 0.15) is 5.69 Å². The van der Waals surface area contributed by atoms with Crippen LogP contribution < -0.4 is 4.74 Å². The summed E-state index contributed by atoms with van der Waals surface area (Å²) < 4.78 is 51.9. The summed E-state index contributed by atoms with van der Waals surface area (Å²) in [6, 6.07) is 0. The fraction of sp³-hybridized carbons (Fsp3) is 0.286. The minimum atomic E-state index is -5.20. The van der Waals surface area contributed by atoms with Crippen molar-refractivity contribution in [1.29, 1.82) is 0 Å². The fourth-order valence-corrected chi connectivity index (χ4v) is 0.995. The number of hydrogen-bond acceptors (Lipinski definition) is 5. The predicted molar refractivity (Wildman–Crippen MR) is 43.5 cm³/mol. The largest absolute Gasteiger partial charge is 0.573 e. The van der Waals surface area contributed by atoms with Gasteiger partial charge in [0.2, 0.25) is 5.82 Å². The first kappa shape index (κ1) is 13.1. The lowest BCUT2D eigenvalue weighted by Crippen LogP contribution is -2.19. The van der Waals surface area contributed by atoms with Crippen molar-refractivity contribution in [2.75, 3.05) is 0 Å². The van der Waals surface area contributed by atoms with E-state index in [9.17, 15) is 27.7 Å². The molecule has 0 unspecified atom stereocenters. The highest BCUT2D eigenvalue weighted by molar-refractivity contribution is 5.43. The van der Waals surface area contributed by atoms with Gasteiger partial charge in [0, 0.05) is 0 Å². The molecule has 1 aromatic rings. The topological polar surface area (TPSA) is 85.5 Å². The Hall–Kier alpha value is -1.97. The van der Waals surface area contributed by atoms with Gasteiger partial charge in [-0.1, -0.05) is 0 Å². The third-order valence-corrected chi connectivity index (χ3v) is 1.59. The third kappa shape index (κ3) is 3.00. The van der Waals surface area contributed by atoms with Crippen LogP contribution in [0.4, 0.5) is 23.2 Å². The number of ether oxygens (including phenoxy) is 1. The number of alkyl halides is 3. The van der Waals surface area contributed by atoms with Gasteiger partial charge in [0.05, 0.1) is 17.7 Å². The van der Waals surface area contributed by atoms with Crippen molar-refractivity contribution >= 4 is 5.69 Å². The van der Waals surface area contributed by atoms with Crippen LogP contribution in [0.5, 0.6) is 5.75 Å². The Morgan fingerprint density at radius 2 is 2.12 bits per heavy atom. The van der Waals surface area contributed by atoms with Crippen LogP contribution in [0, 0.1) is 15.9 Å². The van der Waals surface area contributed by atoms with Crippen LogP contribution in [-0.2, 0) is 6.61 Å². The summed E-state index contributed by atoms with van der Waals surface area (Å²) in [5.41, 5.74) is -2.05. The first-order chi connectivity index (χ1) is 7.76. The molecule has 1 heterocycles. The molecule has 1 rings (SSSR count). The van der Waals surface area contributed by atoms with Crippen LogP contribution in [0.15, 0.2) is 6.20 Å². The Morgan fingerprint density at radius 1 is 1.53 bits per heavy atom. The van der Waals surface area contributed by atoms with E-state index in [2.05, 4.69) is 9.72 Å². The minimum Gasteiger partial charge on any atom is -0.401 e. The van der Waals surface area contributed by atoms with Gasteiger partial charge in [0.15, 0.2) is 5.75 Å². The zero-order valence-corrected chi connectivity index (χ0v) is 7.86. The maximum absolute atomic E-state index is 13.3. The van der Waals surface area contributed by atoms with Crippen LogP contribution >= 0.6 is 0 Å². The standard InChI is InChI=1S/C7H4F4N2O4/c8-5-4(17-7(9,10)11)1-12-3(2-14)6(5)13(15)16/h1,14H,2H2.